The van der Waals surface area contributed by atoms with Gasteiger partial charge in [0.05, 0.1) is 11.4 Å². The Morgan fingerprint density at radius 3 is 2.44 bits per heavy atom. The highest BCUT2D eigenvalue weighted by atomic mass is 35.5. The molecule has 1 saturated heterocycles. The zero-order chi connectivity index (χ0) is 18.0. The number of amides is 1. The molecule has 0 saturated carbocycles. The van der Waals surface area contributed by atoms with Crippen LogP contribution in [0.3, 0.4) is 0 Å². The highest BCUT2D eigenvalue weighted by Gasteiger charge is 2.26. The van der Waals surface area contributed by atoms with Crippen molar-refractivity contribution < 1.29 is 13.2 Å². The largest absolute Gasteiger partial charge is 0.322 e. The van der Waals surface area contributed by atoms with Crippen LogP contribution in [0.25, 0.3) is 0 Å². The maximum absolute atomic E-state index is 12.5. The molecule has 1 N–H and O–H groups in total. The van der Waals surface area contributed by atoms with E-state index in [4.69, 9.17) is 23.2 Å². The van der Waals surface area contributed by atoms with Crippen LogP contribution in [-0.2, 0) is 10.0 Å². The third-order valence-electron chi connectivity index (χ3n) is 3.87. The van der Waals surface area contributed by atoms with Gasteiger partial charge in [-0.25, -0.2) is 8.42 Å². The Labute approximate surface area is 156 Å². The third kappa shape index (κ3) is 4.26. The van der Waals surface area contributed by atoms with E-state index in [9.17, 15) is 13.2 Å². The molecule has 1 fully saturated rings. The van der Waals surface area contributed by atoms with E-state index < -0.39 is 10.0 Å². The van der Waals surface area contributed by atoms with Crippen molar-refractivity contribution in [2.45, 2.75) is 12.8 Å². The monoisotopic (exact) mass is 398 g/mol. The van der Waals surface area contributed by atoms with E-state index in [0.717, 1.165) is 6.42 Å². The van der Waals surface area contributed by atoms with E-state index in [1.54, 1.807) is 42.5 Å². The molecule has 2 aromatic carbocycles. The number of sulfonamides is 1. The number of nitrogens with one attached hydrogen (secondary N) is 1. The molecule has 0 bridgehead atoms. The first-order valence-electron chi connectivity index (χ1n) is 7.73. The van der Waals surface area contributed by atoms with Gasteiger partial charge in [-0.3, -0.25) is 9.10 Å². The van der Waals surface area contributed by atoms with Gasteiger partial charge in [-0.1, -0.05) is 29.3 Å². The van der Waals surface area contributed by atoms with E-state index >= 15 is 0 Å². The zero-order valence-corrected chi connectivity index (χ0v) is 15.5. The summed E-state index contributed by atoms with van der Waals surface area (Å²) in [6, 6.07) is 11.3. The number of hydrogen-bond acceptors (Lipinski definition) is 3. The van der Waals surface area contributed by atoms with Crippen molar-refractivity contribution in [3.05, 3.63) is 58.1 Å². The number of hydrogen-bond donors (Lipinski definition) is 1. The summed E-state index contributed by atoms with van der Waals surface area (Å²) >= 11 is 11.9. The molecule has 8 heteroatoms. The summed E-state index contributed by atoms with van der Waals surface area (Å²) in [5.41, 5.74) is 1.32. The second kappa shape index (κ2) is 7.23. The number of carbonyl (C=O) groups is 1. The van der Waals surface area contributed by atoms with Crippen molar-refractivity contribution in [3.8, 4) is 0 Å². The number of anilines is 2. The highest BCUT2D eigenvalue weighted by molar-refractivity contribution is 7.92. The van der Waals surface area contributed by atoms with E-state index in [1.165, 1.54) is 4.31 Å². The van der Waals surface area contributed by atoms with E-state index in [-0.39, 0.29) is 11.7 Å². The lowest BCUT2D eigenvalue weighted by atomic mass is 10.1. The molecule has 0 aliphatic carbocycles. The summed E-state index contributed by atoms with van der Waals surface area (Å²) in [4.78, 5) is 12.5. The Bertz CT molecular complexity index is 896. The quantitative estimate of drug-likeness (QED) is 0.842. The number of nitrogens with zero attached hydrogens (tertiary/aromatic N) is 1. The molecule has 1 aliphatic rings. The second-order valence-corrected chi connectivity index (χ2v) is 8.64. The molecule has 0 spiro atoms. The van der Waals surface area contributed by atoms with Gasteiger partial charge in [0.25, 0.3) is 5.91 Å². The Morgan fingerprint density at radius 1 is 1.04 bits per heavy atom. The van der Waals surface area contributed by atoms with Gasteiger partial charge in [-0.15, -0.1) is 0 Å². The molecule has 0 aromatic heterocycles. The fourth-order valence-corrected chi connectivity index (χ4v) is 4.87. The summed E-state index contributed by atoms with van der Waals surface area (Å²) in [7, 11) is -3.32. The second-order valence-electron chi connectivity index (χ2n) is 5.76. The van der Waals surface area contributed by atoms with Crippen LogP contribution in [0, 0.1) is 0 Å². The first-order chi connectivity index (χ1) is 11.8. The van der Waals surface area contributed by atoms with Crippen LogP contribution >= 0.6 is 23.2 Å². The van der Waals surface area contributed by atoms with Gasteiger partial charge in [0.1, 0.15) is 0 Å². The first kappa shape index (κ1) is 18.0. The molecule has 1 aliphatic heterocycles. The Morgan fingerprint density at radius 2 is 1.76 bits per heavy atom. The van der Waals surface area contributed by atoms with Crippen molar-refractivity contribution >= 4 is 50.5 Å². The smallest absolute Gasteiger partial charge is 0.255 e. The van der Waals surface area contributed by atoms with Crippen molar-refractivity contribution in [1.29, 1.82) is 0 Å². The fourth-order valence-electron chi connectivity index (χ4n) is 2.71. The van der Waals surface area contributed by atoms with Crippen LogP contribution in [0.4, 0.5) is 11.4 Å². The normalized spacial score (nSPS) is 16.5. The van der Waals surface area contributed by atoms with E-state index in [0.29, 0.717) is 39.9 Å². The van der Waals surface area contributed by atoms with Crippen molar-refractivity contribution in [3.63, 3.8) is 0 Å². The lowest BCUT2D eigenvalue weighted by Crippen LogP contribution is -2.37. The van der Waals surface area contributed by atoms with Crippen LogP contribution in [0.2, 0.25) is 10.0 Å². The van der Waals surface area contributed by atoms with Crippen LogP contribution in [-0.4, -0.2) is 26.6 Å². The minimum Gasteiger partial charge on any atom is -0.322 e. The van der Waals surface area contributed by atoms with Gasteiger partial charge >= 0.3 is 0 Å². The van der Waals surface area contributed by atoms with Crippen LogP contribution < -0.4 is 9.62 Å². The molecular weight excluding hydrogens is 383 g/mol. The Kier molecular flexibility index (Phi) is 5.22. The average molecular weight is 399 g/mol. The third-order valence-corrected chi connectivity index (χ3v) is 6.17. The summed E-state index contributed by atoms with van der Waals surface area (Å²) in [5, 5.41) is 3.54. The predicted molar refractivity (Wildman–Crippen MR) is 101 cm³/mol. The molecule has 132 valence electrons. The van der Waals surface area contributed by atoms with Gasteiger partial charge < -0.3 is 5.32 Å². The lowest BCUT2D eigenvalue weighted by Gasteiger charge is -2.28. The molecule has 1 heterocycles. The topological polar surface area (TPSA) is 66.5 Å². The number of halogens is 2. The highest BCUT2D eigenvalue weighted by Crippen LogP contribution is 2.26. The molecule has 2 aromatic rings. The predicted octanol–water partition coefficient (Wildman–Crippen LogP) is 4.18. The average Bonchev–Trinajstić information content (AvgIpc) is 2.53. The first-order valence-corrected chi connectivity index (χ1v) is 10.1. The zero-order valence-electron chi connectivity index (χ0n) is 13.2. The van der Waals surface area contributed by atoms with Crippen molar-refractivity contribution in [2.75, 3.05) is 21.9 Å². The number of carbonyl (C=O) groups excluding carboxylic acids is 1. The molecule has 3 rings (SSSR count). The Hall–Kier alpha value is -1.76. The fraction of sp³-hybridized carbons (Fsp3) is 0.235. The maximum Gasteiger partial charge on any atom is 0.255 e. The summed E-state index contributed by atoms with van der Waals surface area (Å²) < 4.78 is 25.8. The van der Waals surface area contributed by atoms with Gasteiger partial charge in [0, 0.05) is 27.8 Å². The van der Waals surface area contributed by atoms with Crippen LogP contribution in [0.1, 0.15) is 23.2 Å². The molecular formula is C17H16Cl2N2O3S. The van der Waals surface area contributed by atoms with Gasteiger partial charge in [-0.05, 0) is 49.2 Å². The van der Waals surface area contributed by atoms with Gasteiger partial charge in [0.2, 0.25) is 10.0 Å². The minimum absolute atomic E-state index is 0.129. The van der Waals surface area contributed by atoms with Crippen molar-refractivity contribution in [2.24, 2.45) is 0 Å². The Balaban J connectivity index is 1.84. The minimum atomic E-state index is -3.32. The van der Waals surface area contributed by atoms with Crippen LogP contribution in [0.5, 0.6) is 0 Å². The molecule has 0 unspecified atom stereocenters. The van der Waals surface area contributed by atoms with Gasteiger partial charge in [0.15, 0.2) is 0 Å². The lowest BCUT2D eigenvalue weighted by molar-refractivity contribution is 0.102. The summed E-state index contributed by atoms with van der Waals surface area (Å²) in [5.74, 6) is -0.237. The molecule has 1 amide bonds. The number of benzene rings is 2. The summed E-state index contributed by atoms with van der Waals surface area (Å²) in [6.45, 7) is 0.428. The summed E-state index contributed by atoms with van der Waals surface area (Å²) in [6.07, 6.45) is 1.46. The van der Waals surface area contributed by atoms with Crippen LogP contribution in [0.15, 0.2) is 42.5 Å². The standard InChI is InChI=1S/C17H16Cl2N2O3S/c18-13-9-14(19)11-15(10-13)20-17(22)12-4-3-5-16(8-12)21-6-1-2-7-25(21,23)24/h3-5,8-11H,1-2,6-7H2,(H,20,22). The SMILES string of the molecule is O=C(Nc1cc(Cl)cc(Cl)c1)c1cccc(N2CCCCS2(=O)=O)c1. The molecule has 0 radical (unpaired) electrons. The van der Waals surface area contributed by atoms with E-state index in [2.05, 4.69) is 5.32 Å². The van der Waals surface area contributed by atoms with Gasteiger partial charge in [-0.2, -0.15) is 0 Å². The van der Waals surface area contributed by atoms with Crippen molar-refractivity contribution in [1.82, 2.24) is 0 Å². The molecule has 5 nitrogen and oxygen atoms in total. The number of rotatable bonds is 3. The molecule has 25 heavy (non-hydrogen) atoms. The maximum atomic E-state index is 12.5. The molecule has 0 atom stereocenters. The van der Waals surface area contributed by atoms with E-state index in [1.807, 2.05) is 0 Å².